The second-order valence-electron chi connectivity index (χ2n) is 5.13. The largest absolute Gasteiger partial charge is 0.349 e. The number of halogens is 1. The van der Waals surface area contributed by atoms with Gasteiger partial charge in [-0.05, 0) is 36.8 Å². The molecule has 0 saturated carbocycles. The van der Waals surface area contributed by atoms with E-state index in [1.54, 1.807) is 18.3 Å². The molecular weight excluding hydrogens is 314 g/mol. The summed E-state index contributed by atoms with van der Waals surface area (Å²) in [6.07, 6.45) is 1.67. The molecule has 0 unspecified atom stereocenters. The monoisotopic (exact) mass is 331 g/mol. The summed E-state index contributed by atoms with van der Waals surface area (Å²) in [6, 6.07) is 10.7. The van der Waals surface area contributed by atoms with Gasteiger partial charge in [0.05, 0.1) is 12.2 Å². The molecule has 0 fully saturated rings. The zero-order chi connectivity index (χ0) is 16.8. The van der Waals surface area contributed by atoms with Crippen molar-refractivity contribution in [2.24, 2.45) is 0 Å². The lowest BCUT2D eigenvalue weighted by Crippen LogP contribution is -2.40. The van der Waals surface area contributed by atoms with Gasteiger partial charge in [0.15, 0.2) is 0 Å². The van der Waals surface area contributed by atoms with E-state index in [0.717, 1.165) is 11.3 Å². The van der Waals surface area contributed by atoms with Gasteiger partial charge in [-0.2, -0.15) is 0 Å². The van der Waals surface area contributed by atoms with Crippen molar-refractivity contribution in [3.63, 3.8) is 0 Å². The molecule has 1 heterocycles. The third-order valence-corrected chi connectivity index (χ3v) is 3.57. The van der Waals surface area contributed by atoms with Crippen LogP contribution in [0.5, 0.6) is 0 Å². The molecule has 2 aromatic rings. The summed E-state index contributed by atoms with van der Waals surface area (Å²) in [5.74, 6) is -0.478. The van der Waals surface area contributed by atoms with E-state index in [0.29, 0.717) is 17.3 Å². The lowest BCUT2D eigenvalue weighted by Gasteiger charge is -2.22. The Balaban J connectivity index is 2.06. The minimum absolute atomic E-state index is 0.0661. The molecule has 2 rings (SSSR count). The maximum absolute atomic E-state index is 12.1. The van der Waals surface area contributed by atoms with E-state index in [1.807, 2.05) is 31.2 Å². The van der Waals surface area contributed by atoms with E-state index in [4.69, 9.17) is 11.6 Å². The first-order chi connectivity index (χ1) is 11.0. The number of hydrogen-bond donors (Lipinski definition) is 1. The smallest absolute Gasteiger partial charge is 0.240 e. The second-order valence-corrected chi connectivity index (χ2v) is 5.57. The van der Waals surface area contributed by atoms with Crippen molar-refractivity contribution in [1.82, 2.24) is 10.3 Å². The number of pyridine rings is 1. The van der Waals surface area contributed by atoms with Gasteiger partial charge in [0.1, 0.15) is 6.54 Å². The molecule has 6 heteroatoms. The van der Waals surface area contributed by atoms with Gasteiger partial charge in [0.2, 0.25) is 11.8 Å². The van der Waals surface area contributed by atoms with Crippen molar-refractivity contribution in [2.75, 3.05) is 11.4 Å². The number of amides is 2. The highest BCUT2D eigenvalue weighted by molar-refractivity contribution is 6.31. The van der Waals surface area contributed by atoms with E-state index >= 15 is 0 Å². The van der Waals surface area contributed by atoms with Gasteiger partial charge in [0.25, 0.3) is 0 Å². The fourth-order valence-electron chi connectivity index (χ4n) is 2.13. The van der Waals surface area contributed by atoms with Crippen LogP contribution in [-0.2, 0) is 16.1 Å². The number of carbonyl (C=O) groups excluding carboxylic acids is 2. The Morgan fingerprint density at radius 2 is 2.04 bits per heavy atom. The Morgan fingerprint density at radius 1 is 1.26 bits per heavy atom. The van der Waals surface area contributed by atoms with Crippen LogP contribution in [0.25, 0.3) is 0 Å². The molecule has 0 aliphatic carbocycles. The van der Waals surface area contributed by atoms with Crippen molar-refractivity contribution in [2.45, 2.75) is 20.4 Å². The summed E-state index contributed by atoms with van der Waals surface area (Å²) in [5, 5.41) is 3.28. The third-order valence-electron chi connectivity index (χ3n) is 3.34. The molecule has 0 aliphatic heterocycles. The van der Waals surface area contributed by atoms with Crippen LogP contribution in [0.2, 0.25) is 5.02 Å². The second kappa shape index (κ2) is 7.74. The van der Waals surface area contributed by atoms with Gasteiger partial charge >= 0.3 is 0 Å². The van der Waals surface area contributed by atoms with Crippen LogP contribution < -0.4 is 10.2 Å². The fourth-order valence-corrected chi connectivity index (χ4v) is 2.30. The molecule has 0 bridgehead atoms. The summed E-state index contributed by atoms with van der Waals surface area (Å²) >= 11 is 6.00. The maximum Gasteiger partial charge on any atom is 0.240 e. The molecular formula is C17H18ClN3O2. The summed E-state index contributed by atoms with van der Waals surface area (Å²) in [6.45, 7) is 3.54. The molecule has 1 aromatic heterocycles. The number of rotatable bonds is 5. The first-order valence-electron chi connectivity index (χ1n) is 7.18. The van der Waals surface area contributed by atoms with Crippen LogP contribution in [0.4, 0.5) is 5.69 Å². The number of anilines is 1. The van der Waals surface area contributed by atoms with Crippen molar-refractivity contribution in [3.05, 3.63) is 58.9 Å². The first kappa shape index (κ1) is 17.0. The molecule has 5 nitrogen and oxygen atoms in total. The average Bonchev–Trinajstić information content (AvgIpc) is 2.54. The van der Waals surface area contributed by atoms with Crippen LogP contribution >= 0.6 is 11.6 Å². The van der Waals surface area contributed by atoms with Crippen LogP contribution in [0, 0.1) is 6.92 Å². The number of nitrogens with one attached hydrogen (secondary N) is 1. The summed E-state index contributed by atoms with van der Waals surface area (Å²) < 4.78 is 0. The number of carbonyl (C=O) groups is 2. The lowest BCUT2D eigenvalue weighted by atomic mass is 10.1. The van der Waals surface area contributed by atoms with Crippen molar-refractivity contribution in [3.8, 4) is 0 Å². The Hall–Kier alpha value is -2.40. The molecule has 23 heavy (non-hydrogen) atoms. The SMILES string of the molecule is CC(=O)N(CC(=O)NCc1ccccn1)c1cc(Cl)ccc1C. The van der Waals surface area contributed by atoms with Gasteiger partial charge in [-0.25, -0.2) is 0 Å². The predicted octanol–water partition coefficient (Wildman–Crippen LogP) is 2.71. The normalized spacial score (nSPS) is 10.2. The highest BCUT2D eigenvalue weighted by Gasteiger charge is 2.17. The van der Waals surface area contributed by atoms with Crippen LogP contribution in [0.15, 0.2) is 42.6 Å². The van der Waals surface area contributed by atoms with E-state index < -0.39 is 0 Å². The highest BCUT2D eigenvalue weighted by Crippen LogP contribution is 2.24. The van der Waals surface area contributed by atoms with E-state index in [9.17, 15) is 9.59 Å². The summed E-state index contributed by atoms with van der Waals surface area (Å²) in [5.41, 5.74) is 2.27. The average molecular weight is 332 g/mol. The van der Waals surface area contributed by atoms with Crippen molar-refractivity contribution in [1.29, 1.82) is 0 Å². The van der Waals surface area contributed by atoms with Gasteiger partial charge in [-0.15, -0.1) is 0 Å². The summed E-state index contributed by atoms with van der Waals surface area (Å²) in [7, 11) is 0. The van der Waals surface area contributed by atoms with E-state index in [2.05, 4.69) is 10.3 Å². The molecule has 0 aliphatic rings. The lowest BCUT2D eigenvalue weighted by molar-refractivity contribution is -0.123. The van der Waals surface area contributed by atoms with E-state index in [-0.39, 0.29) is 18.4 Å². The van der Waals surface area contributed by atoms with Gasteiger partial charge in [0, 0.05) is 23.8 Å². The maximum atomic E-state index is 12.1. The number of aryl methyl sites for hydroxylation is 1. The van der Waals surface area contributed by atoms with E-state index in [1.165, 1.54) is 11.8 Å². The molecule has 0 atom stereocenters. The zero-order valence-electron chi connectivity index (χ0n) is 13.0. The first-order valence-corrected chi connectivity index (χ1v) is 7.56. The Labute approximate surface area is 140 Å². The molecule has 0 radical (unpaired) electrons. The molecule has 1 aromatic carbocycles. The van der Waals surface area contributed by atoms with Gasteiger partial charge in [-0.3, -0.25) is 14.6 Å². The number of nitrogens with zero attached hydrogens (tertiary/aromatic N) is 2. The van der Waals surface area contributed by atoms with Gasteiger partial charge < -0.3 is 10.2 Å². The zero-order valence-corrected chi connectivity index (χ0v) is 13.8. The number of hydrogen-bond acceptors (Lipinski definition) is 3. The Kier molecular flexibility index (Phi) is 5.71. The molecule has 1 N–H and O–H groups in total. The molecule has 0 spiro atoms. The minimum Gasteiger partial charge on any atom is -0.349 e. The van der Waals surface area contributed by atoms with Crippen LogP contribution in [0.3, 0.4) is 0 Å². The predicted molar refractivity (Wildman–Crippen MR) is 90.3 cm³/mol. The highest BCUT2D eigenvalue weighted by atomic mass is 35.5. The topological polar surface area (TPSA) is 62.3 Å². The quantitative estimate of drug-likeness (QED) is 0.916. The Morgan fingerprint density at radius 3 is 2.70 bits per heavy atom. The summed E-state index contributed by atoms with van der Waals surface area (Å²) in [4.78, 5) is 29.6. The number of benzene rings is 1. The Bertz CT molecular complexity index is 704. The molecule has 120 valence electrons. The fraction of sp³-hybridized carbons (Fsp3) is 0.235. The van der Waals surface area contributed by atoms with Crippen LogP contribution in [-0.4, -0.2) is 23.3 Å². The van der Waals surface area contributed by atoms with Gasteiger partial charge in [-0.1, -0.05) is 23.7 Å². The van der Waals surface area contributed by atoms with Crippen LogP contribution in [0.1, 0.15) is 18.2 Å². The molecule has 0 saturated heterocycles. The van der Waals surface area contributed by atoms with Crippen molar-refractivity contribution < 1.29 is 9.59 Å². The third kappa shape index (κ3) is 4.79. The van der Waals surface area contributed by atoms with Crippen molar-refractivity contribution >= 4 is 29.1 Å². The number of aromatic nitrogens is 1. The molecule has 2 amide bonds. The minimum atomic E-state index is -0.259. The standard InChI is InChI=1S/C17H18ClN3O2/c1-12-6-7-14(18)9-16(12)21(13(2)22)11-17(23)20-10-15-5-3-4-8-19-15/h3-9H,10-11H2,1-2H3,(H,20,23).